The summed E-state index contributed by atoms with van der Waals surface area (Å²) in [6.45, 7) is 0. The van der Waals surface area contributed by atoms with E-state index in [9.17, 15) is 0 Å². The quantitative estimate of drug-likeness (QED) is 0.124. The van der Waals surface area contributed by atoms with Crippen molar-refractivity contribution in [3.8, 4) is 22.3 Å². The number of benzene rings is 18. The van der Waals surface area contributed by atoms with Crippen LogP contribution in [0.3, 0.4) is 0 Å². The second-order valence-corrected chi connectivity index (χ2v) is 30.6. The first kappa shape index (κ1) is 68.3. The Hall–Kier alpha value is -14.0. The molecule has 0 saturated heterocycles. The van der Waals surface area contributed by atoms with Gasteiger partial charge < -0.3 is 28.9 Å². The molecule has 22 rings (SSSR count). The van der Waals surface area contributed by atoms with Gasteiger partial charge in [-0.25, -0.2) is 0 Å². The van der Waals surface area contributed by atoms with Crippen molar-refractivity contribution in [2.45, 2.75) is 0 Å². The Labute approximate surface area is 666 Å². The molecule has 0 amide bonds. The van der Waals surface area contributed by atoms with Crippen LogP contribution in [-0.2, 0) is 0 Å². The van der Waals surface area contributed by atoms with Crippen LogP contribution in [0.4, 0.5) is 62.6 Å². The van der Waals surface area contributed by atoms with Crippen molar-refractivity contribution < 1.29 is 8.83 Å². The minimum atomic E-state index is 0.773. The Bertz CT molecular complexity index is 7270. The second kappa shape index (κ2) is 29.8. The monoisotopic (exact) mass is 1500 g/mol. The summed E-state index contributed by atoms with van der Waals surface area (Å²) < 4.78 is 17.1. The van der Waals surface area contributed by atoms with E-state index in [1.54, 1.807) is 11.3 Å². The van der Waals surface area contributed by atoms with Gasteiger partial charge in [0, 0.05) is 108 Å². The van der Waals surface area contributed by atoms with Gasteiger partial charge >= 0.3 is 0 Å². The van der Waals surface area contributed by atoms with Crippen molar-refractivity contribution in [1.29, 1.82) is 0 Å². The molecule has 4 heterocycles. The van der Waals surface area contributed by atoms with E-state index in [-0.39, 0.29) is 0 Å². The number of rotatable bonds is 13. The number of halogens is 1. The zero-order chi connectivity index (χ0) is 75.1. The van der Waals surface area contributed by atoms with E-state index in [1.807, 2.05) is 59.9 Å². The van der Waals surface area contributed by atoms with Crippen molar-refractivity contribution in [3.63, 3.8) is 0 Å². The van der Waals surface area contributed by atoms with Gasteiger partial charge in [-0.05, 0) is 179 Å². The van der Waals surface area contributed by atoms with Crippen LogP contribution >= 0.6 is 34.3 Å². The van der Waals surface area contributed by atoms with E-state index in [1.165, 1.54) is 95.5 Å². The molecule has 4 aromatic heterocycles. The van der Waals surface area contributed by atoms with Crippen LogP contribution in [0.25, 0.3) is 128 Å². The molecular weight excluding hydrogens is 1440 g/mol. The minimum Gasteiger partial charge on any atom is -0.456 e. The van der Waals surface area contributed by atoms with Crippen molar-refractivity contribution >= 4 is 203 Å². The number of hydrogen-bond donors (Lipinski definition) is 1. The van der Waals surface area contributed by atoms with Gasteiger partial charge in [0.2, 0.25) is 0 Å². The lowest BCUT2D eigenvalue weighted by molar-refractivity contribution is 0.668. The molecule has 18 aromatic carbocycles. The molecule has 22 aromatic rings. The van der Waals surface area contributed by atoms with Gasteiger partial charge in [-0.3, -0.25) is 0 Å². The average Bonchev–Trinajstić information content (AvgIpc) is 1.70. The molecule has 0 aliphatic heterocycles. The van der Waals surface area contributed by atoms with Gasteiger partial charge in [-0.2, -0.15) is 0 Å². The number of para-hydroxylation sites is 4. The van der Waals surface area contributed by atoms with Gasteiger partial charge in [0.1, 0.15) is 22.3 Å². The van der Waals surface area contributed by atoms with Crippen LogP contribution in [0, 0.1) is 0 Å². The molecule has 0 radical (unpaired) electrons. The van der Waals surface area contributed by atoms with Crippen LogP contribution in [0.2, 0.25) is 5.02 Å². The molecule has 113 heavy (non-hydrogen) atoms. The first-order valence-electron chi connectivity index (χ1n) is 37.9. The lowest BCUT2D eigenvalue weighted by Gasteiger charge is -2.27. The van der Waals surface area contributed by atoms with E-state index in [2.05, 4.69) is 384 Å². The maximum Gasteiger partial charge on any atom is 0.135 e. The molecule has 9 heteroatoms. The molecular formula is C104H69ClN4O2S2. The Morgan fingerprint density at radius 1 is 0.221 bits per heavy atom. The summed E-state index contributed by atoms with van der Waals surface area (Å²) in [5.41, 5.74) is 20.7. The summed E-state index contributed by atoms with van der Waals surface area (Å²) in [5.74, 6) is 0. The van der Waals surface area contributed by atoms with Gasteiger partial charge in [0.15, 0.2) is 0 Å². The molecule has 0 spiro atoms. The summed E-state index contributed by atoms with van der Waals surface area (Å²) in [6, 6.07) is 146. The van der Waals surface area contributed by atoms with Crippen LogP contribution in [0.15, 0.2) is 421 Å². The average molecular weight is 1510 g/mol. The molecule has 0 unspecified atom stereocenters. The first-order valence-corrected chi connectivity index (χ1v) is 39.9. The first-order chi connectivity index (χ1) is 55.9. The summed E-state index contributed by atoms with van der Waals surface area (Å²) in [6.07, 6.45) is 0. The Morgan fingerprint density at radius 2 is 0.602 bits per heavy atom. The number of fused-ring (bicyclic) bond motifs is 14. The minimum absolute atomic E-state index is 0.773. The van der Waals surface area contributed by atoms with Crippen LogP contribution < -0.4 is 20.0 Å². The van der Waals surface area contributed by atoms with Gasteiger partial charge in [0.05, 0.1) is 32.1 Å². The fraction of sp³-hybridized carbons (Fsp3) is 0. The van der Waals surface area contributed by atoms with Gasteiger partial charge in [0.25, 0.3) is 0 Å². The number of nitrogens with zero attached hydrogens (tertiary/aromatic N) is 3. The number of anilines is 11. The van der Waals surface area contributed by atoms with E-state index >= 15 is 0 Å². The topological polar surface area (TPSA) is 48.0 Å². The fourth-order valence-corrected chi connectivity index (χ4v) is 18.7. The van der Waals surface area contributed by atoms with Crippen LogP contribution in [-0.4, -0.2) is 0 Å². The molecule has 0 aliphatic carbocycles. The van der Waals surface area contributed by atoms with E-state index < -0.39 is 0 Å². The predicted molar refractivity (Wildman–Crippen MR) is 484 cm³/mol. The summed E-state index contributed by atoms with van der Waals surface area (Å²) in [5, 5.41) is 18.7. The highest BCUT2D eigenvalue weighted by atomic mass is 35.5. The zero-order valence-electron chi connectivity index (χ0n) is 61.1. The highest BCUT2D eigenvalue weighted by Crippen LogP contribution is 2.51. The van der Waals surface area contributed by atoms with Crippen LogP contribution in [0.5, 0.6) is 0 Å². The van der Waals surface area contributed by atoms with Crippen molar-refractivity contribution in [3.05, 3.63) is 418 Å². The number of thiophene rings is 2. The molecule has 0 bridgehead atoms. The van der Waals surface area contributed by atoms with E-state index in [0.717, 1.165) is 100 Å². The molecule has 0 aliphatic rings. The number of furan rings is 2. The third-order valence-corrected chi connectivity index (χ3v) is 23.8. The largest absolute Gasteiger partial charge is 0.456 e. The number of nitrogens with one attached hydrogen (secondary N) is 1. The van der Waals surface area contributed by atoms with Crippen molar-refractivity contribution in [2.24, 2.45) is 0 Å². The van der Waals surface area contributed by atoms with E-state index in [0.29, 0.717) is 0 Å². The SMILES string of the molecule is Clc1ccc2c(c1)sc1c(N(c3ccccc3)c3cccc4ccccc34)cccc12.c1ccc(-c2cccc(N(c3ccc4c(c3)sc3c(N(c5ccccc5)c5cccc6ccccc56)cccc34)c3ccc4oc5ccccc5c4c3)c2)cc1.c1ccc(-c2cccc(Nc3ccc4oc5ccccc5c4c3)c2)cc1. The summed E-state index contributed by atoms with van der Waals surface area (Å²) in [7, 11) is 0. The summed E-state index contributed by atoms with van der Waals surface area (Å²) in [4.78, 5) is 7.18. The standard InChI is InChI=1S/C52H34N2OS.C28H18ClNS.C24H17NO/c1-3-14-35(15-4-1)37-18-11-21-39(32-37)53(40-29-31-50-46(33-40)43-23-9-10-27-49(43)55-50)41-28-30-44-45-24-13-26-48(52(45)56-51(44)34-41)54(38-19-5-2-6-20-38)47-25-12-17-36-16-7-8-22-42(36)47;29-20-16-17-23-24-13-7-15-26(28(24)31-27(23)18-20)30(21-10-2-1-3-11-21)25-14-6-9-19-8-4-5-12-22(19)25;1-2-7-17(8-3-1)18-9-6-10-19(15-18)25-20-13-14-24-22(16-20)21-11-4-5-12-23(21)26-24/h1-34H;1-18H;1-16,25H. The molecule has 1 N–H and O–H groups in total. The smallest absolute Gasteiger partial charge is 0.135 e. The fourth-order valence-electron chi connectivity index (χ4n) is 15.9. The molecule has 0 saturated carbocycles. The number of hydrogen-bond acceptors (Lipinski definition) is 8. The van der Waals surface area contributed by atoms with E-state index in [4.69, 9.17) is 20.4 Å². The highest BCUT2D eigenvalue weighted by Gasteiger charge is 2.24. The maximum atomic E-state index is 6.30. The van der Waals surface area contributed by atoms with Gasteiger partial charge in [-0.1, -0.05) is 279 Å². The Balaban J connectivity index is 0.000000122. The second-order valence-electron chi connectivity index (χ2n) is 28.1. The maximum absolute atomic E-state index is 6.30. The lowest BCUT2D eigenvalue weighted by atomic mass is 10.0. The summed E-state index contributed by atoms with van der Waals surface area (Å²) >= 11 is 9.96. The highest BCUT2D eigenvalue weighted by molar-refractivity contribution is 7.27. The molecule has 0 atom stereocenters. The Morgan fingerprint density at radius 3 is 1.19 bits per heavy atom. The third-order valence-electron chi connectivity index (χ3n) is 21.2. The van der Waals surface area contributed by atoms with Crippen molar-refractivity contribution in [2.75, 3.05) is 20.0 Å². The third kappa shape index (κ3) is 13.2. The molecule has 536 valence electrons. The van der Waals surface area contributed by atoms with Gasteiger partial charge in [-0.15, -0.1) is 22.7 Å². The predicted octanol–water partition coefficient (Wildman–Crippen LogP) is 32.0. The molecule has 0 fully saturated rings. The normalized spacial score (nSPS) is 11.4. The lowest BCUT2D eigenvalue weighted by Crippen LogP contribution is -2.10. The molecule has 6 nitrogen and oxygen atoms in total. The van der Waals surface area contributed by atoms with Crippen LogP contribution in [0.1, 0.15) is 0 Å². The van der Waals surface area contributed by atoms with Crippen molar-refractivity contribution in [1.82, 2.24) is 0 Å². The Kier molecular flexibility index (Phi) is 18.0. The zero-order valence-corrected chi connectivity index (χ0v) is 63.5.